The smallest absolute Gasteiger partial charge is 0.416 e. The molecule has 0 aliphatic carbocycles. The van der Waals surface area contributed by atoms with Gasteiger partial charge in [-0.05, 0) is 49.2 Å². The van der Waals surface area contributed by atoms with Crippen molar-refractivity contribution in [3.63, 3.8) is 0 Å². The first-order valence-corrected chi connectivity index (χ1v) is 8.80. The summed E-state index contributed by atoms with van der Waals surface area (Å²) >= 11 is 0. The van der Waals surface area contributed by atoms with Crippen LogP contribution in [0.5, 0.6) is 0 Å². The van der Waals surface area contributed by atoms with Crippen molar-refractivity contribution >= 4 is 17.3 Å². The SMILES string of the molecule is O=C(O)CN1CCC(N(c2ccccc2)c2ccc(C(F)(F)F)cc2)CC1. The number of nitrogens with zero attached hydrogens (tertiary/aromatic N) is 2. The van der Waals surface area contributed by atoms with Crippen LogP contribution in [-0.4, -0.2) is 41.7 Å². The molecule has 0 aromatic heterocycles. The van der Waals surface area contributed by atoms with Gasteiger partial charge in [0.1, 0.15) is 0 Å². The zero-order valence-corrected chi connectivity index (χ0v) is 14.7. The Morgan fingerprint density at radius 2 is 1.56 bits per heavy atom. The first-order chi connectivity index (χ1) is 12.8. The van der Waals surface area contributed by atoms with Gasteiger partial charge in [0.2, 0.25) is 0 Å². The number of alkyl halides is 3. The van der Waals surface area contributed by atoms with E-state index in [4.69, 9.17) is 5.11 Å². The third-order valence-corrected chi connectivity index (χ3v) is 4.79. The van der Waals surface area contributed by atoms with Gasteiger partial charge < -0.3 is 10.0 Å². The van der Waals surface area contributed by atoms with Gasteiger partial charge in [-0.15, -0.1) is 0 Å². The lowest BCUT2D eigenvalue weighted by Crippen LogP contribution is -2.44. The first-order valence-electron chi connectivity index (χ1n) is 8.80. The minimum atomic E-state index is -4.36. The number of piperidine rings is 1. The van der Waals surface area contributed by atoms with Crippen molar-refractivity contribution in [3.05, 3.63) is 60.2 Å². The second-order valence-electron chi connectivity index (χ2n) is 6.65. The Morgan fingerprint density at radius 1 is 1.00 bits per heavy atom. The molecule has 1 saturated heterocycles. The van der Waals surface area contributed by atoms with Crippen molar-refractivity contribution in [2.45, 2.75) is 25.1 Å². The lowest BCUT2D eigenvalue weighted by atomic mass is 10.0. The molecule has 144 valence electrons. The van der Waals surface area contributed by atoms with Crippen LogP contribution in [0.1, 0.15) is 18.4 Å². The number of rotatable bonds is 5. The molecule has 0 atom stereocenters. The van der Waals surface area contributed by atoms with Gasteiger partial charge in [0.05, 0.1) is 12.1 Å². The van der Waals surface area contributed by atoms with Gasteiger partial charge in [-0.2, -0.15) is 13.2 Å². The van der Waals surface area contributed by atoms with E-state index in [9.17, 15) is 18.0 Å². The maximum atomic E-state index is 12.9. The molecule has 1 heterocycles. The van der Waals surface area contributed by atoms with Gasteiger partial charge in [-0.25, -0.2) is 0 Å². The fourth-order valence-electron chi connectivity index (χ4n) is 3.50. The van der Waals surface area contributed by atoms with Crippen LogP contribution in [0.15, 0.2) is 54.6 Å². The quantitative estimate of drug-likeness (QED) is 0.838. The topological polar surface area (TPSA) is 43.8 Å². The van der Waals surface area contributed by atoms with Crippen LogP contribution in [0.2, 0.25) is 0 Å². The summed E-state index contributed by atoms with van der Waals surface area (Å²) < 4.78 is 38.6. The van der Waals surface area contributed by atoms with Crippen LogP contribution < -0.4 is 4.90 Å². The summed E-state index contributed by atoms with van der Waals surface area (Å²) in [6.07, 6.45) is -2.88. The lowest BCUT2D eigenvalue weighted by molar-refractivity contribution is -0.139. The standard InChI is InChI=1S/C20H21F3N2O2/c21-20(22,23)15-6-8-17(9-7-15)25(16-4-2-1-3-5-16)18-10-12-24(13-11-18)14-19(26)27/h1-9,18H,10-14H2,(H,26,27). The number of likely N-dealkylation sites (tertiary alicyclic amines) is 1. The number of hydrogen-bond acceptors (Lipinski definition) is 3. The molecule has 0 saturated carbocycles. The van der Waals surface area contributed by atoms with E-state index < -0.39 is 17.7 Å². The van der Waals surface area contributed by atoms with Crippen LogP contribution in [0.3, 0.4) is 0 Å². The maximum Gasteiger partial charge on any atom is 0.416 e. The fourth-order valence-corrected chi connectivity index (χ4v) is 3.50. The molecular formula is C20H21F3N2O2. The summed E-state index contributed by atoms with van der Waals surface area (Å²) in [5, 5.41) is 8.94. The van der Waals surface area contributed by atoms with E-state index in [0.29, 0.717) is 18.8 Å². The number of para-hydroxylation sites is 1. The van der Waals surface area contributed by atoms with Crippen molar-refractivity contribution in [3.8, 4) is 0 Å². The predicted molar refractivity (Wildman–Crippen MR) is 97.1 cm³/mol. The molecule has 0 radical (unpaired) electrons. The van der Waals surface area contributed by atoms with Crippen LogP contribution in [0.25, 0.3) is 0 Å². The Bertz CT molecular complexity index is 755. The van der Waals surface area contributed by atoms with Crippen LogP contribution in [-0.2, 0) is 11.0 Å². The van der Waals surface area contributed by atoms with Gasteiger partial charge in [0, 0.05) is 30.5 Å². The molecule has 1 aliphatic rings. The maximum absolute atomic E-state index is 12.9. The van der Waals surface area contributed by atoms with Gasteiger partial charge in [0.25, 0.3) is 0 Å². The summed E-state index contributed by atoms with van der Waals surface area (Å²) in [5.41, 5.74) is 0.940. The Balaban J connectivity index is 1.84. The van der Waals surface area contributed by atoms with E-state index in [2.05, 4.69) is 4.90 Å². The van der Waals surface area contributed by atoms with Gasteiger partial charge in [0.15, 0.2) is 0 Å². The summed E-state index contributed by atoms with van der Waals surface area (Å²) in [6, 6.07) is 14.8. The highest BCUT2D eigenvalue weighted by molar-refractivity contribution is 5.69. The van der Waals surface area contributed by atoms with Crippen LogP contribution in [0, 0.1) is 0 Å². The van der Waals surface area contributed by atoms with Crippen molar-refractivity contribution in [2.75, 3.05) is 24.5 Å². The zero-order valence-electron chi connectivity index (χ0n) is 14.7. The molecule has 0 bridgehead atoms. The number of benzene rings is 2. The number of carboxylic acid groups (broad SMARTS) is 1. The van der Waals surface area contributed by atoms with Crippen LogP contribution in [0.4, 0.5) is 24.5 Å². The highest BCUT2D eigenvalue weighted by Crippen LogP contribution is 2.35. The minimum absolute atomic E-state index is 0.0122. The van der Waals surface area contributed by atoms with Crippen molar-refractivity contribution < 1.29 is 23.1 Å². The average Bonchev–Trinajstić information content (AvgIpc) is 2.64. The molecule has 1 fully saturated rings. The Hall–Kier alpha value is -2.54. The molecule has 1 N–H and O–H groups in total. The van der Waals surface area contributed by atoms with Crippen molar-refractivity contribution in [1.29, 1.82) is 0 Å². The minimum Gasteiger partial charge on any atom is -0.480 e. The average molecular weight is 378 g/mol. The Kier molecular flexibility index (Phi) is 5.70. The van der Waals surface area contributed by atoms with E-state index in [1.807, 2.05) is 35.2 Å². The Labute approximate surface area is 155 Å². The van der Waals surface area contributed by atoms with Crippen molar-refractivity contribution in [2.24, 2.45) is 0 Å². The molecule has 0 spiro atoms. The van der Waals surface area contributed by atoms with Crippen molar-refractivity contribution in [1.82, 2.24) is 4.90 Å². The van der Waals surface area contributed by atoms with Gasteiger partial charge in [-0.3, -0.25) is 9.69 Å². The summed E-state index contributed by atoms with van der Waals surface area (Å²) in [6.45, 7) is 1.29. The number of halogens is 3. The number of hydrogen-bond donors (Lipinski definition) is 1. The third kappa shape index (κ3) is 4.80. The lowest BCUT2D eigenvalue weighted by Gasteiger charge is -2.39. The molecule has 2 aromatic rings. The zero-order chi connectivity index (χ0) is 19.4. The number of carboxylic acids is 1. The van der Waals surface area contributed by atoms with E-state index >= 15 is 0 Å². The molecule has 3 rings (SSSR count). The molecule has 7 heteroatoms. The van der Waals surface area contributed by atoms with E-state index in [1.165, 1.54) is 12.1 Å². The molecule has 4 nitrogen and oxygen atoms in total. The number of aliphatic carboxylic acids is 1. The monoisotopic (exact) mass is 378 g/mol. The molecule has 1 aliphatic heterocycles. The Morgan fingerprint density at radius 3 is 2.07 bits per heavy atom. The third-order valence-electron chi connectivity index (χ3n) is 4.79. The van der Waals surface area contributed by atoms with Gasteiger partial charge in [-0.1, -0.05) is 18.2 Å². The highest BCUT2D eigenvalue weighted by Gasteiger charge is 2.31. The first kappa shape index (κ1) is 19.2. The largest absolute Gasteiger partial charge is 0.480 e. The second-order valence-corrected chi connectivity index (χ2v) is 6.65. The van der Waals surface area contributed by atoms with Gasteiger partial charge >= 0.3 is 12.1 Å². The second kappa shape index (κ2) is 8.00. The van der Waals surface area contributed by atoms with E-state index in [0.717, 1.165) is 30.7 Å². The van der Waals surface area contributed by atoms with E-state index in [-0.39, 0.29) is 12.6 Å². The molecule has 0 unspecified atom stereocenters. The molecule has 2 aromatic carbocycles. The summed E-state index contributed by atoms with van der Waals surface area (Å²) in [4.78, 5) is 14.8. The number of anilines is 2. The summed E-state index contributed by atoms with van der Waals surface area (Å²) in [7, 11) is 0. The van der Waals surface area contributed by atoms with E-state index in [1.54, 1.807) is 0 Å². The molecule has 27 heavy (non-hydrogen) atoms. The number of carbonyl (C=O) groups is 1. The fraction of sp³-hybridized carbons (Fsp3) is 0.350. The summed E-state index contributed by atoms with van der Waals surface area (Å²) in [5.74, 6) is -0.851. The molecular weight excluding hydrogens is 357 g/mol. The normalized spacial score (nSPS) is 16.3. The molecule has 0 amide bonds. The van der Waals surface area contributed by atoms with Crippen LogP contribution >= 0.6 is 0 Å². The highest BCUT2D eigenvalue weighted by atomic mass is 19.4. The predicted octanol–water partition coefficient (Wildman–Crippen LogP) is 4.39.